The molecule has 0 heterocycles. The Bertz CT molecular complexity index is 656. The summed E-state index contributed by atoms with van der Waals surface area (Å²) in [6.07, 6.45) is 0.699. The van der Waals surface area contributed by atoms with Crippen molar-refractivity contribution in [2.24, 2.45) is 0 Å². The van der Waals surface area contributed by atoms with Crippen molar-refractivity contribution in [3.05, 3.63) is 56.8 Å². The third-order valence-electron chi connectivity index (χ3n) is 2.84. The lowest BCUT2D eigenvalue weighted by Crippen LogP contribution is -2.01. The van der Waals surface area contributed by atoms with Crippen molar-refractivity contribution in [2.45, 2.75) is 6.61 Å². The normalized spacial score (nSPS) is 10.3. The Labute approximate surface area is 134 Å². The molecule has 0 aromatic heterocycles. The number of aldehydes is 1. The summed E-state index contributed by atoms with van der Waals surface area (Å²) in [4.78, 5) is 10.9. The second kappa shape index (κ2) is 6.91. The number of ether oxygens (including phenoxy) is 2. The molecule has 0 saturated heterocycles. The van der Waals surface area contributed by atoms with E-state index in [9.17, 15) is 9.18 Å². The zero-order valence-electron chi connectivity index (χ0n) is 11.0. The molecule has 0 N–H and O–H groups in total. The topological polar surface area (TPSA) is 35.5 Å². The standard InChI is InChI=1S/C15H11BrClFO3/c1-20-14-5-9(7-19)11(16)6-15(14)21-8-10-12(17)3-2-4-13(10)18/h2-7H,8H2,1H3. The summed E-state index contributed by atoms with van der Waals surface area (Å²) in [5.74, 6) is 0.326. The van der Waals surface area contributed by atoms with Crippen molar-refractivity contribution >= 4 is 33.8 Å². The maximum absolute atomic E-state index is 13.7. The van der Waals surface area contributed by atoms with E-state index in [0.29, 0.717) is 27.8 Å². The molecule has 0 aliphatic carbocycles. The highest BCUT2D eigenvalue weighted by atomic mass is 79.9. The molecule has 0 spiro atoms. The Balaban J connectivity index is 2.28. The van der Waals surface area contributed by atoms with Crippen molar-refractivity contribution in [3.63, 3.8) is 0 Å². The van der Waals surface area contributed by atoms with Gasteiger partial charge in [-0.2, -0.15) is 0 Å². The van der Waals surface area contributed by atoms with Crippen LogP contribution in [0.25, 0.3) is 0 Å². The van der Waals surface area contributed by atoms with E-state index in [2.05, 4.69) is 15.9 Å². The van der Waals surface area contributed by atoms with Crippen molar-refractivity contribution in [1.82, 2.24) is 0 Å². The molecule has 0 fully saturated rings. The molecule has 0 atom stereocenters. The lowest BCUT2D eigenvalue weighted by atomic mass is 10.2. The number of benzene rings is 2. The van der Waals surface area contributed by atoms with Gasteiger partial charge < -0.3 is 9.47 Å². The fraction of sp³-hybridized carbons (Fsp3) is 0.133. The van der Waals surface area contributed by atoms with Crippen molar-refractivity contribution in [1.29, 1.82) is 0 Å². The first-order valence-electron chi connectivity index (χ1n) is 5.95. The molecule has 6 heteroatoms. The molecule has 0 bridgehead atoms. The lowest BCUT2D eigenvalue weighted by molar-refractivity contribution is 0.112. The summed E-state index contributed by atoms with van der Waals surface area (Å²) >= 11 is 9.20. The van der Waals surface area contributed by atoms with Crippen LogP contribution >= 0.6 is 27.5 Å². The summed E-state index contributed by atoms with van der Waals surface area (Å²) in [5.41, 5.74) is 0.694. The molecular formula is C15H11BrClFO3. The van der Waals surface area contributed by atoms with Crippen molar-refractivity contribution < 1.29 is 18.7 Å². The number of halogens is 3. The molecular weight excluding hydrogens is 363 g/mol. The third-order valence-corrected chi connectivity index (χ3v) is 3.88. The molecule has 110 valence electrons. The van der Waals surface area contributed by atoms with Crippen LogP contribution in [0.3, 0.4) is 0 Å². The van der Waals surface area contributed by atoms with Crippen molar-refractivity contribution in [2.75, 3.05) is 7.11 Å². The molecule has 2 rings (SSSR count). The fourth-order valence-electron chi connectivity index (χ4n) is 1.73. The van der Waals surface area contributed by atoms with E-state index in [0.717, 1.165) is 0 Å². The van der Waals surface area contributed by atoms with Gasteiger partial charge in [0, 0.05) is 15.6 Å². The second-order valence-corrected chi connectivity index (χ2v) is 5.39. The number of hydrogen-bond acceptors (Lipinski definition) is 3. The van der Waals surface area contributed by atoms with Gasteiger partial charge in [0.05, 0.1) is 12.1 Å². The third kappa shape index (κ3) is 3.54. The summed E-state index contributed by atoms with van der Waals surface area (Å²) in [7, 11) is 1.46. The van der Waals surface area contributed by atoms with Gasteiger partial charge in [-0.15, -0.1) is 0 Å². The first kappa shape index (κ1) is 15.8. The van der Waals surface area contributed by atoms with Crippen LogP contribution in [0.2, 0.25) is 5.02 Å². The average Bonchev–Trinajstić information content (AvgIpc) is 2.47. The van der Waals surface area contributed by atoms with Gasteiger partial charge in [0.2, 0.25) is 0 Å². The van der Waals surface area contributed by atoms with Crippen LogP contribution in [0.5, 0.6) is 11.5 Å². The summed E-state index contributed by atoms with van der Waals surface area (Å²) in [6.45, 7) is -0.0469. The van der Waals surface area contributed by atoms with Gasteiger partial charge in [-0.1, -0.05) is 17.7 Å². The quantitative estimate of drug-likeness (QED) is 0.716. The van der Waals surface area contributed by atoms with E-state index >= 15 is 0 Å². The van der Waals surface area contributed by atoms with Gasteiger partial charge in [0.1, 0.15) is 12.4 Å². The van der Waals surface area contributed by atoms with Gasteiger partial charge in [0.25, 0.3) is 0 Å². The molecule has 0 aliphatic rings. The van der Waals surface area contributed by atoms with E-state index in [1.54, 1.807) is 12.1 Å². The van der Waals surface area contributed by atoms with E-state index in [4.69, 9.17) is 21.1 Å². The minimum atomic E-state index is -0.440. The predicted molar refractivity (Wildman–Crippen MR) is 81.8 cm³/mol. The molecule has 3 nitrogen and oxygen atoms in total. The van der Waals surface area contributed by atoms with Crippen LogP contribution in [0.1, 0.15) is 15.9 Å². The molecule has 0 unspecified atom stereocenters. The number of carbonyl (C=O) groups excluding carboxylic acids is 1. The van der Waals surface area contributed by atoms with Gasteiger partial charge in [-0.05, 0) is 40.2 Å². The number of hydrogen-bond donors (Lipinski definition) is 0. The van der Waals surface area contributed by atoms with Gasteiger partial charge in [0.15, 0.2) is 17.8 Å². The highest BCUT2D eigenvalue weighted by molar-refractivity contribution is 9.10. The molecule has 0 saturated carbocycles. The number of methoxy groups -OCH3 is 1. The number of carbonyl (C=O) groups is 1. The fourth-order valence-corrected chi connectivity index (χ4v) is 2.37. The summed E-state index contributed by atoms with van der Waals surface area (Å²) < 4.78 is 25.0. The molecule has 0 radical (unpaired) electrons. The molecule has 0 amide bonds. The largest absolute Gasteiger partial charge is 0.493 e. The molecule has 2 aromatic rings. The molecule has 0 aliphatic heterocycles. The minimum Gasteiger partial charge on any atom is -0.493 e. The highest BCUT2D eigenvalue weighted by Crippen LogP contribution is 2.34. The van der Waals surface area contributed by atoms with E-state index in [-0.39, 0.29) is 17.2 Å². The van der Waals surface area contributed by atoms with E-state index < -0.39 is 5.82 Å². The predicted octanol–water partition coefficient (Wildman–Crippen LogP) is 4.64. The maximum Gasteiger partial charge on any atom is 0.162 e. The lowest BCUT2D eigenvalue weighted by Gasteiger charge is -2.13. The van der Waals surface area contributed by atoms with Crippen LogP contribution < -0.4 is 9.47 Å². The first-order valence-corrected chi connectivity index (χ1v) is 7.12. The van der Waals surface area contributed by atoms with Crippen LogP contribution in [0.15, 0.2) is 34.8 Å². The highest BCUT2D eigenvalue weighted by Gasteiger charge is 2.12. The van der Waals surface area contributed by atoms with Gasteiger partial charge in [-0.25, -0.2) is 4.39 Å². The zero-order valence-corrected chi connectivity index (χ0v) is 13.4. The smallest absolute Gasteiger partial charge is 0.162 e. The van der Waals surface area contributed by atoms with Crippen molar-refractivity contribution in [3.8, 4) is 11.5 Å². The Morgan fingerprint density at radius 3 is 2.71 bits per heavy atom. The van der Waals surface area contributed by atoms with Gasteiger partial charge in [-0.3, -0.25) is 4.79 Å². The number of rotatable bonds is 5. The Kier molecular flexibility index (Phi) is 5.20. The zero-order chi connectivity index (χ0) is 15.4. The maximum atomic E-state index is 13.7. The van der Waals surface area contributed by atoms with Crippen LogP contribution in [0.4, 0.5) is 4.39 Å². The minimum absolute atomic E-state index is 0.0469. The molecule has 21 heavy (non-hydrogen) atoms. The SMILES string of the molecule is COc1cc(C=O)c(Br)cc1OCc1c(F)cccc1Cl. The Morgan fingerprint density at radius 1 is 1.33 bits per heavy atom. The van der Waals surface area contributed by atoms with E-state index in [1.165, 1.54) is 25.3 Å². The summed E-state index contributed by atoms with van der Waals surface area (Å²) in [6, 6.07) is 7.56. The molecule has 2 aromatic carbocycles. The van der Waals surface area contributed by atoms with Crippen LogP contribution in [0, 0.1) is 5.82 Å². The van der Waals surface area contributed by atoms with Gasteiger partial charge >= 0.3 is 0 Å². The average molecular weight is 374 g/mol. The van der Waals surface area contributed by atoms with Crippen LogP contribution in [-0.2, 0) is 6.61 Å². The summed E-state index contributed by atoms with van der Waals surface area (Å²) in [5, 5.41) is 0.289. The van der Waals surface area contributed by atoms with Crippen LogP contribution in [-0.4, -0.2) is 13.4 Å². The Morgan fingerprint density at radius 2 is 2.10 bits per heavy atom. The first-order chi connectivity index (χ1) is 10.1. The Hall–Kier alpha value is -1.59. The van der Waals surface area contributed by atoms with E-state index in [1.807, 2.05) is 0 Å². The monoisotopic (exact) mass is 372 g/mol. The second-order valence-electron chi connectivity index (χ2n) is 4.13.